The van der Waals surface area contributed by atoms with Crippen LogP contribution in [0.15, 0.2) is 30.6 Å². The second-order valence-corrected chi connectivity index (χ2v) is 11.4. The zero-order valence-corrected chi connectivity index (χ0v) is 22.8. The van der Waals surface area contributed by atoms with E-state index < -0.39 is 29.0 Å². The van der Waals surface area contributed by atoms with Gasteiger partial charge in [0.15, 0.2) is 11.6 Å². The second kappa shape index (κ2) is 9.84. The number of benzene rings is 1. The fourth-order valence-electron chi connectivity index (χ4n) is 5.45. The van der Waals surface area contributed by atoms with Gasteiger partial charge in [-0.1, -0.05) is 18.0 Å². The SMILES string of the molecule is COc1cc(C2=CC3C(S2)C(=O)N(c2cncc4nc(C5CCC5)n(C)c24)C(=O)N3CCC#N)c(Cl)cc1F. The lowest BCUT2D eigenvalue weighted by Crippen LogP contribution is -2.62. The van der Waals surface area contributed by atoms with Crippen LogP contribution in [0.4, 0.5) is 14.9 Å². The molecule has 0 spiro atoms. The number of methoxy groups -OCH3 is 1. The van der Waals surface area contributed by atoms with Gasteiger partial charge in [-0.15, -0.1) is 11.8 Å². The van der Waals surface area contributed by atoms with Gasteiger partial charge in [0.05, 0.1) is 54.3 Å². The largest absolute Gasteiger partial charge is 0.494 e. The molecule has 1 aliphatic carbocycles. The molecule has 2 atom stereocenters. The van der Waals surface area contributed by atoms with Crippen LogP contribution < -0.4 is 9.64 Å². The van der Waals surface area contributed by atoms with Gasteiger partial charge in [0.25, 0.3) is 5.91 Å². The van der Waals surface area contributed by atoms with Gasteiger partial charge in [0.1, 0.15) is 16.6 Å². The Kier molecular flexibility index (Phi) is 6.47. The van der Waals surface area contributed by atoms with Crippen LogP contribution in [0.1, 0.15) is 43.0 Å². The number of aromatic nitrogens is 3. The minimum Gasteiger partial charge on any atom is -0.494 e. The monoisotopic (exact) mass is 566 g/mol. The molecule has 2 aliphatic heterocycles. The van der Waals surface area contributed by atoms with Crippen molar-refractivity contribution in [3.05, 3.63) is 52.8 Å². The number of hydrogen-bond acceptors (Lipinski definition) is 7. The van der Waals surface area contributed by atoms with Crippen molar-refractivity contribution in [3.8, 4) is 11.8 Å². The molecule has 3 aromatic rings. The first-order valence-corrected chi connectivity index (χ1v) is 13.8. The lowest BCUT2D eigenvalue weighted by Gasteiger charge is -2.40. The van der Waals surface area contributed by atoms with Crippen molar-refractivity contribution >= 4 is 56.9 Å². The van der Waals surface area contributed by atoms with Gasteiger partial charge in [-0.3, -0.25) is 9.78 Å². The van der Waals surface area contributed by atoms with E-state index in [1.807, 2.05) is 11.6 Å². The van der Waals surface area contributed by atoms with Crippen LogP contribution in [0.2, 0.25) is 5.02 Å². The van der Waals surface area contributed by atoms with Gasteiger partial charge in [0, 0.05) is 30.0 Å². The third kappa shape index (κ3) is 4.05. The maximum Gasteiger partial charge on any atom is 0.332 e. The van der Waals surface area contributed by atoms with Crippen molar-refractivity contribution in [2.45, 2.75) is 42.9 Å². The van der Waals surface area contributed by atoms with E-state index in [2.05, 4.69) is 11.1 Å². The number of carbonyl (C=O) groups is 2. The Hall–Kier alpha value is -3.62. The number of nitrogens with zero attached hydrogens (tertiary/aromatic N) is 6. The van der Waals surface area contributed by atoms with Gasteiger partial charge in [-0.25, -0.2) is 19.1 Å². The summed E-state index contributed by atoms with van der Waals surface area (Å²) in [5, 5.41) is 8.76. The summed E-state index contributed by atoms with van der Waals surface area (Å²) in [5.41, 5.74) is 2.14. The molecule has 9 nitrogen and oxygen atoms in total. The number of thioether (sulfide) groups is 1. The Balaban J connectivity index is 1.43. The number of aryl methyl sites for hydroxylation is 1. The standard InChI is InChI=1S/C27H24ClFN6O3S/c1-33-23-18(32-25(33)14-5-3-6-14)12-31-13-20(23)35-26(36)24-19(34(27(35)37)8-4-7-30)11-22(39-24)15-9-21(38-2)17(29)10-16(15)28/h9-14,19,24H,3-6,8H2,1-2H3. The Bertz CT molecular complexity index is 1600. The highest BCUT2D eigenvalue weighted by Gasteiger charge is 2.50. The maximum atomic E-state index is 14.2. The summed E-state index contributed by atoms with van der Waals surface area (Å²) in [5.74, 6) is 0.279. The molecule has 1 aromatic carbocycles. The van der Waals surface area contributed by atoms with E-state index in [0.717, 1.165) is 30.0 Å². The van der Waals surface area contributed by atoms with Crippen LogP contribution in [-0.2, 0) is 11.8 Å². The summed E-state index contributed by atoms with van der Waals surface area (Å²) in [6.07, 6.45) is 8.29. The van der Waals surface area contributed by atoms with Crippen LogP contribution in [-0.4, -0.2) is 56.3 Å². The molecule has 2 aromatic heterocycles. The summed E-state index contributed by atoms with van der Waals surface area (Å²) < 4.78 is 21.3. The highest BCUT2D eigenvalue weighted by Crippen LogP contribution is 2.48. The fraction of sp³-hybridized carbons (Fsp3) is 0.370. The second-order valence-electron chi connectivity index (χ2n) is 9.77. The van der Waals surface area contributed by atoms with Crippen LogP contribution in [0.5, 0.6) is 5.75 Å². The molecular weight excluding hydrogens is 543 g/mol. The van der Waals surface area contributed by atoms with Gasteiger partial charge >= 0.3 is 6.03 Å². The maximum absolute atomic E-state index is 14.2. The lowest BCUT2D eigenvalue weighted by atomic mass is 9.85. The smallest absolute Gasteiger partial charge is 0.332 e. The number of imide groups is 1. The average molecular weight is 567 g/mol. The molecule has 1 saturated heterocycles. The molecule has 6 rings (SSSR count). The summed E-state index contributed by atoms with van der Waals surface area (Å²) in [6, 6.07) is 3.61. The molecule has 0 bridgehead atoms. The van der Waals surface area contributed by atoms with Crippen molar-refractivity contribution in [1.82, 2.24) is 19.4 Å². The van der Waals surface area contributed by atoms with Gasteiger partial charge in [-0.05, 0) is 31.1 Å². The van der Waals surface area contributed by atoms with Crippen molar-refractivity contribution in [1.29, 1.82) is 5.26 Å². The summed E-state index contributed by atoms with van der Waals surface area (Å²) in [6.45, 7) is 0.132. The Morgan fingerprint density at radius 1 is 1.28 bits per heavy atom. The van der Waals surface area contributed by atoms with E-state index in [1.165, 1.54) is 42.1 Å². The normalized spacial score (nSPS) is 21.2. The van der Waals surface area contributed by atoms with E-state index in [0.29, 0.717) is 33.1 Å². The first-order valence-electron chi connectivity index (χ1n) is 12.6. The molecule has 2 fully saturated rings. The lowest BCUT2D eigenvalue weighted by molar-refractivity contribution is -0.119. The van der Waals surface area contributed by atoms with Crippen LogP contribution in [0.25, 0.3) is 15.9 Å². The van der Waals surface area contributed by atoms with Crippen LogP contribution in [0.3, 0.4) is 0 Å². The quantitative estimate of drug-likeness (QED) is 0.401. The number of anilines is 1. The highest BCUT2D eigenvalue weighted by atomic mass is 35.5. The zero-order chi connectivity index (χ0) is 27.4. The first-order chi connectivity index (χ1) is 18.8. The van der Waals surface area contributed by atoms with E-state index in [1.54, 1.807) is 12.3 Å². The van der Waals surface area contributed by atoms with Gasteiger partial charge in [0.2, 0.25) is 0 Å². The Morgan fingerprint density at radius 2 is 2.08 bits per heavy atom. The van der Waals surface area contributed by atoms with Crippen molar-refractivity contribution in [2.24, 2.45) is 7.05 Å². The van der Waals surface area contributed by atoms with Crippen LogP contribution in [0, 0.1) is 17.1 Å². The average Bonchev–Trinajstić information content (AvgIpc) is 3.46. The number of amides is 3. The van der Waals surface area contributed by atoms with Crippen molar-refractivity contribution < 1.29 is 18.7 Å². The van der Waals surface area contributed by atoms with E-state index in [-0.39, 0.29) is 23.7 Å². The van der Waals surface area contributed by atoms with Crippen molar-refractivity contribution in [3.63, 3.8) is 0 Å². The molecule has 1 saturated carbocycles. The number of pyridine rings is 1. The minimum atomic E-state index is -0.696. The molecular formula is C27H24ClFN6O3S. The summed E-state index contributed by atoms with van der Waals surface area (Å²) >= 11 is 7.64. The molecule has 12 heteroatoms. The third-order valence-electron chi connectivity index (χ3n) is 7.62. The Morgan fingerprint density at radius 3 is 2.77 bits per heavy atom. The number of imidazole rings is 1. The number of halogens is 2. The first kappa shape index (κ1) is 25.6. The number of urea groups is 1. The third-order valence-corrected chi connectivity index (χ3v) is 9.28. The highest BCUT2D eigenvalue weighted by molar-refractivity contribution is 8.09. The molecule has 2 unspecified atom stereocenters. The molecule has 39 heavy (non-hydrogen) atoms. The van der Waals surface area contributed by atoms with E-state index in [4.69, 9.17) is 21.3 Å². The van der Waals surface area contributed by atoms with E-state index in [9.17, 15) is 19.2 Å². The number of rotatable bonds is 6. The number of hydrogen-bond donors (Lipinski definition) is 0. The predicted octanol–water partition coefficient (Wildman–Crippen LogP) is 5.24. The zero-order valence-electron chi connectivity index (χ0n) is 21.2. The van der Waals surface area contributed by atoms with E-state index >= 15 is 0 Å². The topological polar surface area (TPSA) is 104 Å². The summed E-state index contributed by atoms with van der Waals surface area (Å²) in [4.78, 5) is 40.4. The molecule has 0 N–H and O–H groups in total. The number of nitriles is 1. The Labute approximate surface area is 233 Å². The molecule has 4 heterocycles. The number of carbonyl (C=O) groups excluding carboxylic acids is 2. The van der Waals surface area contributed by atoms with Crippen LogP contribution >= 0.6 is 23.4 Å². The van der Waals surface area contributed by atoms with Gasteiger partial charge in [-0.2, -0.15) is 5.26 Å². The number of fused-ring (bicyclic) bond motifs is 2. The minimum absolute atomic E-state index is 0.0207. The number of ether oxygens (including phenoxy) is 1. The molecule has 0 radical (unpaired) electrons. The van der Waals surface area contributed by atoms with Gasteiger partial charge < -0.3 is 14.2 Å². The predicted molar refractivity (Wildman–Crippen MR) is 146 cm³/mol. The van der Waals surface area contributed by atoms with Crippen molar-refractivity contribution in [2.75, 3.05) is 18.6 Å². The molecule has 200 valence electrons. The fourth-order valence-corrected chi connectivity index (χ4v) is 7.11. The molecule has 3 amide bonds. The summed E-state index contributed by atoms with van der Waals surface area (Å²) in [7, 11) is 3.26. The molecule has 3 aliphatic rings.